The maximum absolute atomic E-state index is 9.22. The lowest BCUT2D eigenvalue weighted by atomic mass is 10.1. The molecular formula is C7H6NOS. The van der Waals surface area contributed by atoms with Gasteiger partial charge in [0.1, 0.15) is 0 Å². The maximum atomic E-state index is 9.22. The molecule has 0 fully saturated rings. The predicted octanol–water partition coefficient (Wildman–Crippen LogP) is 1.49. The normalized spacial score (nSPS) is 24.1. The van der Waals surface area contributed by atoms with Gasteiger partial charge < -0.3 is 5.11 Å². The molecule has 1 heterocycles. The summed E-state index contributed by atoms with van der Waals surface area (Å²) in [5.74, 6) is 0.743. The molecule has 0 atom stereocenters. The zero-order valence-corrected chi connectivity index (χ0v) is 6.06. The number of aliphatic hydroxyl groups excluding tert-OH is 1. The fourth-order valence-corrected chi connectivity index (χ4v) is 1.77. The van der Waals surface area contributed by atoms with E-state index in [1.165, 1.54) is 0 Å². The third-order valence-electron chi connectivity index (χ3n) is 1.42. The quantitative estimate of drug-likeness (QED) is 0.570. The second-order valence-corrected chi connectivity index (χ2v) is 3.04. The summed E-state index contributed by atoms with van der Waals surface area (Å²) in [5.41, 5.74) is 0.757. The number of thioether (sulfide) groups is 1. The Kier molecular flexibility index (Phi) is 1.39. The first-order valence-corrected chi connectivity index (χ1v) is 3.99. The molecule has 0 saturated carbocycles. The van der Waals surface area contributed by atoms with Gasteiger partial charge in [-0.1, -0.05) is 6.08 Å². The minimum Gasteiger partial charge on any atom is -0.375 e. The second kappa shape index (κ2) is 2.25. The molecule has 0 saturated heterocycles. The van der Waals surface area contributed by atoms with Gasteiger partial charge >= 0.3 is 0 Å². The Morgan fingerprint density at radius 1 is 1.60 bits per heavy atom. The fraction of sp³-hybridized carbons (Fsp3) is 0.143. The molecule has 0 aromatic heterocycles. The Morgan fingerprint density at radius 2 is 2.50 bits per heavy atom. The highest BCUT2D eigenvalue weighted by Gasteiger charge is 2.22. The molecule has 1 radical (unpaired) electrons. The Bertz CT molecular complexity index is 242. The Balaban J connectivity index is 2.39. The zero-order chi connectivity index (χ0) is 6.97. The van der Waals surface area contributed by atoms with Gasteiger partial charge in [0.05, 0.1) is 11.6 Å². The van der Waals surface area contributed by atoms with Gasteiger partial charge in [-0.2, -0.15) is 0 Å². The van der Waals surface area contributed by atoms with Crippen molar-refractivity contribution in [1.82, 2.24) is 0 Å². The van der Waals surface area contributed by atoms with Crippen LogP contribution in [0.5, 0.6) is 0 Å². The van der Waals surface area contributed by atoms with Crippen molar-refractivity contribution in [1.29, 1.82) is 0 Å². The van der Waals surface area contributed by atoms with Crippen molar-refractivity contribution in [2.75, 3.05) is 5.88 Å². The minimum atomic E-state index is 0.294. The van der Waals surface area contributed by atoms with E-state index in [0.29, 0.717) is 6.10 Å². The number of fused-ring (bicyclic) bond motifs is 1. The van der Waals surface area contributed by atoms with Gasteiger partial charge in [0.2, 0.25) is 0 Å². The molecule has 0 bridgehead atoms. The molecule has 1 N–H and O–H groups in total. The zero-order valence-electron chi connectivity index (χ0n) is 5.24. The molecule has 2 rings (SSSR count). The van der Waals surface area contributed by atoms with Crippen molar-refractivity contribution in [3.8, 4) is 0 Å². The standard InChI is InChI=1S/C7H6NOS/c9-5-2-1-3-6-7(5)8-4-10-6/h1-3,9H,4H2. The van der Waals surface area contributed by atoms with Crippen LogP contribution >= 0.6 is 11.8 Å². The van der Waals surface area contributed by atoms with Crippen LogP contribution in [0, 0.1) is 6.10 Å². The average Bonchev–Trinajstić information content (AvgIpc) is 2.36. The molecule has 10 heavy (non-hydrogen) atoms. The van der Waals surface area contributed by atoms with Gasteiger partial charge in [-0.05, 0) is 12.2 Å². The lowest BCUT2D eigenvalue weighted by molar-refractivity contribution is 0.383. The predicted molar refractivity (Wildman–Crippen MR) is 42.3 cm³/mol. The number of aliphatic hydroxyl groups is 1. The average molecular weight is 152 g/mol. The summed E-state index contributed by atoms with van der Waals surface area (Å²) in [7, 11) is 0. The number of allylic oxidation sites excluding steroid dienone is 2. The fourth-order valence-electron chi connectivity index (χ4n) is 0.953. The van der Waals surface area contributed by atoms with E-state index in [4.69, 9.17) is 0 Å². The van der Waals surface area contributed by atoms with Gasteiger partial charge in [-0.15, -0.1) is 11.8 Å². The lowest BCUT2D eigenvalue weighted by Gasteiger charge is -2.07. The monoisotopic (exact) mass is 152 g/mol. The number of hydrogen-bond donors (Lipinski definition) is 1. The smallest absolute Gasteiger partial charge is 0.163 e. The first kappa shape index (κ1) is 6.19. The maximum Gasteiger partial charge on any atom is 0.163 e. The summed E-state index contributed by atoms with van der Waals surface area (Å²) in [4.78, 5) is 5.20. The number of nitrogens with zero attached hydrogens (tertiary/aromatic N) is 1. The molecule has 1 aliphatic carbocycles. The number of hydrogen-bond acceptors (Lipinski definition) is 3. The van der Waals surface area contributed by atoms with E-state index in [1.54, 1.807) is 17.8 Å². The number of aliphatic imine (C=N–C) groups is 1. The van der Waals surface area contributed by atoms with Crippen LogP contribution in [0.4, 0.5) is 0 Å². The Labute approximate surface area is 63.4 Å². The second-order valence-electron chi connectivity index (χ2n) is 2.06. The first-order chi connectivity index (χ1) is 4.88. The third kappa shape index (κ3) is 0.822. The molecule has 1 aliphatic heterocycles. The van der Waals surface area contributed by atoms with Crippen LogP contribution in [0.3, 0.4) is 0 Å². The highest BCUT2D eigenvalue weighted by Crippen LogP contribution is 2.30. The molecule has 0 aromatic carbocycles. The van der Waals surface area contributed by atoms with Crippen molar-refractivity contribution >= 4 is 17.5 Å². The Morgan fingerprint density at radius 3 is 3.30 bits per heavy atom. The highest BCUT2D eigenvalue weighted by molar-refractivity contribution is 8.04. The van der Waals surface area contributed by atoms with Crippen LogP contribution in [0.2, 0.25) is 0 Å². The van der Waals surface area contributed by atoms with Gasteiger partial charge in [-0.25, -0.2) is 0 Å². The first-order valence-electron chi connectivity index (χ1n) is 3.00. The Hall–Kier alpha value is -0.540. The molecule has 0 spiro atoms. The molecule has 0 amide bonds. The van der Waals surface area contributed by atoms with E-state index in [0.717, 1.165) is 16.5 Å². The van der Waals surface area contributed by atoms with Crippen LogP contribution in [0.1, 0.15) is 0 Å². The van der Waals surface area contributed by atoms with E-state index in [-0.39, 0.29) is 0 Å². The van der Waals surface area contributed by atoms with Gasteiger partial charge in [0.25, 0.3) is 0 Å². The summed E-state index contributed by atoms with van der Waals surface area (Å²) in [6, 6.07) is 0. The van der Waals surface area contributed by atoms with Crippen molar-refractivity contribution in [2.24, 2.45) is 4.99 Å². The SMILES string of the molecule is O[C]1C=CC=C2SCN=C12. The van der Waals surface area contributed by atoms with Crippen LogP contribution < -0.4 is 0 Å². The minimum absolute atomic E-state index is 0.294. The summed E-state index contributed by atoms with van der Waals surface area (Å²) >= 11 is 1.66. The largest absolute Gasteiger partial charge is 0.375 e. The van der Waals surface area contributed by atoms with Crippen LogP contribution in [0.15, 0.2) is 28.1 Å². The molecule has 0 unspecified atom stereocenters. The van der Waals surface area contributed by atoms with Gasteiger partial charge in [0, 0.05) is 4.91 Å². The van der Waals surface area contributed by atoms with Gasteiger partial charge in [-0.3, -0.25) is 4.99 Å². The van der Waals surface area contributed by atoms with E-state index in [2.05, 4.69) is 4.99 Å². The highest BCUT2D eigenvalue weighted by atomic mass is 32.2. The van der Waals surface area contributed by atoms with Crippen molar-refractivity contribution in [2.45, 2.75) is 0 Å². The lowest BCUT2D eigenvalue weighted by Crippen LogP contribution is -2.09. The van der Waals surface area contributed by atoms with Crippen LogP contribution in [0.25, 0.3) is 0 Å². The van der Waals surface area contributed by atoms with E-state index < -0.39 is 0 Å². The summed E-state index contributed by atoms with van der Waals surface area (Å²) < 4.78 is 0. The van der Waals surface area contributed by atoms with E-state index in [1.807, 2.05) is 12.2 Å². The van der Waals surface area contributed by atoms with Crippen molar-refractivity contribution in [3.63, 3.8) is 0 Å². The molecule has 0 aromatic rings. The van der Waals surface area contributed by atoms with E-state index in [9.17, 15) is 5.11 Å². The summed E-state index contributed by atoms with van der Waals surface area (Å²) in [6.45, 7) is 0. The summed E-state index contributed by atoms with van der Waals surface area (Å²) in [5, 5.41) is 9.22. The number of rotatable bonds is 0. The van der Waals surface area contributed by atoms with Gasteiger partial charge in [0.15, 0.2) is 6.10 Å². The summed E-state index contributed by atoms with van der Waals surface area (Å²) in [6.07, 6.45) is 5.76. The molecule has 51 valence electrons. The molecule has 2 aliphatic rings. The van der Waals surface area contributed by atoms with Crippen LogP contribution in [-0.2, 0) is 0 Å². The topological polar surface area (TPSA) is 32.6 Å². The van der Waals surface area contributed by atoms with E-state index >= 15 is 0 Å². The molecule has 3 heteroatoms. The van der Waals surface area contributed by atoms with Crippen molar-refractivity contribution < 1.29 is 5.11 Å². The van der Waals surface area contributed by atoms with Crippen molar-refractivity contribution in [3.05, 3.63) is 29.2 Å². The third-order valence-corrected chi connectivity index (χ3v) is 2.32. The molecular weight excluding hydrogens is 146 g/mol. The molecule has 2 nitrogen and oxygen atoms in total. The van der Waals surface area contributed by atoms with Crippen LogP contribution in [-0.4, -0.2) is 16.7 Å².